The molecule has 1 heteroatoms. The number of nitrogens with one attached hydrogen (secondary N) is 1. The molecule has 0 aromatic heterocycles. The molecule has 0 amide bonds. The van der Waals surface area contributed by atoms with Gasteiger partial charge in [-0.3, -0.25) is 0 Å². The summed E-state index contributed by atoms with van der Waals surface area (Å²) in [5.41, 5.74) is 1.93. The van der Waals surface area contributed by atoms with Gasteiger partial charge in [-0.1, -0.05) is 53.2 Å². The van der Waals surface area contributed by atoms with Gasteiger partial charge < -0.3 is 5.32 Å². The summed E-state index contributed by atoms with van der Waals surface area (Å²) < 4.78 is 0. The first-order chi connectivity index (χ1) is 8.26. The molecular weight excluding hydrogens is 218 g/mol. The Morgan fingerprint density at radius 1 is 1.06 bits per heavy atom. The molecule has 1 nitrogen and oxygen atoms in total. The Bertz CT molecular complexity index is 240. The van der Waals surface area contributed by atoms with Gasteiger partial charge in [0, 0.05) is 6.54 Å². The third-order valence-corrected chi connectivity index (χ3v) is 4.37. The van der Waals surface area contributed by atoms with E-state index in [4.69, 9.17) is 0 Å². The Morgan fingerprint density at radius 2 is 1.56 bits per heavy atom. The molecule has 0 bridgehead atoms. The van der Waals surface area contributed by atoms with Gasteiger partial charge in [-0.25, -0.2) is 0 Å². The Kier molecular flexibility index (Phi) is 7.86. The van der Waals surface area contributed by atoms with Gasteiger partial charge >= 0.3 is 0 Å². The molecule has 0 spiro atoms. The summed E-state index contributed by atoms with van der Waals surface area (Å²) in [6, 6.07) is 0. The summed E-state index contributed by atoms with van der Waals surface area (Å²) >= 11 is 0. The van der Waals surface area contributed by atoms with Crippen LogP contribution in [0.1, 0.15) is 61.3 Å². The second-order valence-electron chi connectivity index (χ2n) is 6.93. The van der Waals surface area contributed by atoms with Gasteiger partial charge in [0.15, 0.2) is 0 Å². The highest BCUT2D eigenvalue weighted by Gasteiger charge is 2.35. The third kappa shape index (κ3) is 5.14. The zero-order valence-electron chi connectivity index (χ0n) is 13.9. The van der Waals surface area contributed by atoms with Crippen molar-refractivity contribution in [2.75, 3.05) is 13.6 Å². The lowest BCUT2D eigenvalue weighted by Crippen LogP contribution is -2.41. The molecule has 108 valence electrons. The summed E-state index contributed by atoms with van der Waals surface area (Å²) in [4.78, 5) is 0. The van der Waals surface area contributed by atoms with Crippen molar-refractivity contribution in [1.82, 2.24) is 5.32 Å². The molecule has 0 radical (unpaired) electrons. The highest BCUT2D eigenvalue weighted by molar-refractivity contribution is 5.03. The topological polar surface area (TPSA) is 12.0 Å². The highest BCUT2D eigenvalue weighted by Crippen LogP contribution is 2.39. The zero-order valence-corrected chi connectivity index (χ0v) is 13.9. The van der Waals surface area contributed by atoms with E-state index in [0.717, 1.165) is 12.5 Å². The van der Waals surface area contributed by atoms with Crippen molar-refractivity contribution < 1.29 is 0 Å². The lowest BCUT2D eigenvalue weighted by Gasteiger charge is -2.41. The van der Waals surface area contributed by atoms with Crippen LogP contribution in [0.5, 0.6) is 0 Å². The number of hydrogen-bond donors (Lipinski definition) is 1. The quantitative estimate of drug-likeness (QED) is 0.608. The molecule has 0 rings (SSSR count). The van der Waals surface area contributed by atoms with Crippen LogP contribution in [0.2, 0.25) is 0 Å². The maximum absolute atomic E-state index is 3.41. The van der Waals surface area contributed by atoms with Crippen molar-refractivity contribution in [3.63, 3.8) is 0 Å². The van der Waals surface area contributed by atoms with Crippen molar-refractivity contribution in [1.29, 1.82) is 0 Å². The van der Waals surface area contributed by atoms with Crippen molar-refractivity contribution in [3.8, 4) is 0 Å². The van der Waals surface area contributed by atoms with E-state index < -0.39 is 0 Å². The average molecular weight is 253 g/mol. The first-order valence-electron chi connectivity index (χ1n) is 7.56. The number of rotatable bonds is 8. The number of hydrogen-bond acceptors (Lipinski definition) is 1. The molecule has 0 saturated carbocycles. The molecule has 0 aliphatic heterocycles. The summed E-state index contributed by atoms with van der Waals surface area (Å²) in [7, 11) is 2.07. The minimum absolute atomic E-state index is 0.382. The van der Waals surface area contributed by atoms with Gasteiger partial charge in [-0.15, -0.1) is 0 Å². The molecule has 0 aliphatic rings. The average Bonchev–Trinajstić information content (AvgIpc) is 2.22. The molecule has 0 aromatic rings. The van der Waals surface area contributed by atoms with Gasteiger partial charge in [0.2, 0.25) is 0 Å². The number of allylic oxidation sites excluding steroid dienone is 2. The highest BCUT2D eigenvalue weighted by atomic mass is 14.8. The summed E-state index contributed by atoms with van der Waals surface area (Å²) in [6.45, 7) is 17.4. The summed E-state index contributed by atoms with van der Waals surface area (Å²) in [5.74, 6) is 2.17. The molecule has 18 heavy (non-hydrogen) atoms. The molecule has 1 N–H and O–H groups in total. The predicted molar refractivity (Wildman–Crippen MR) is 83.9 cm³/mol. The van der Waals surface area contributed by atoms with Crippen LogP contribution in [-0.4, -0.2) is 13.6 Å². The monoisotopic (exact) mass is 253 g/mol. The Balaban J connectivity index is 4.89. The second-order valence-corrected chi connectivity index (χ2v) is 6.93. The lowest BCUT2D eigenvalue weighted by molar-refractivity contribution is 0.115. The Morgan fingerprint density at radius 3 is 1.89 bits per heavy atom. The van der Waals surface area contributed by atoms with Crippen LogP contribution in [0, 0.1) is 23.2 Å². The fourth-order valence-corrected chi connectivity index (χ4v) is 3.04. The lowest BCUT2D eigenvalue weighted by atomic mass is 9.66. The third-order valence-electron chi connectivity index (χ3n) is 4.37. The van der Waals surface area contributed by atoms with Crippen molar-refractivity contribution in [2.45, 2.75) is 61.3 Å². The van der Waals surface area contributed by atoms with E-state index in [1.165, 1.54) is 12.8 Å². The molecule has 0 fully saturated rings. The maximum Gasteiger partial charge on any atom is 0.00127 e. The van der Waals surface area contributed by atoms with E-state index in [2.05, 4.69) is 66.9 Å². The Labute approximate surface area is 115 Å². The van der Waals surface area contributed by atoms with Gasteiger partial charge in [0.1, 0.15) is 0 Å². The smallest absolute Gasteiger partial charge is 0.00127 e. The molecule has 0 saturated heterocycles. The van der Waals surface area contributed by atoms with Crippen LogP contribution in [0.3, 0.4) is 0 Å². The van der Waals surface area contributed by atoms with Crippen LogP contribution in [0.15, 0.2) is 11.6 Å². The second kappa shape index (κ2) is 7.99. The van der Waals surface area contributed by atoms with Gasteiger partial charge in [-0.2, -0.15) is 0 Å². The first-order valence-corrected chi connectivity index (χ1v) is 7.56. The molecule has 0 atom stereocenters. The van der Waals surface area contributed by atoms with E-state index in [-0.39, 0.29) is 0 Å². The largest absolute Gasteiger partial charge is 0.319 e. The maximum atomic E-state index is 3.41. The van der Waals surface area contributed by atoms with Crippen molar-refractivity contribution in [2.24, 2.45) is 23.2 Å². The van der Waals surface area contributed by atoms with Crippen molar-refractivity contribution >= 4 is 0 Å². The minimum atomic E-state index is 0.382. The Hall–Kier alpha value is -0.300. The standard InChI is InChI=1S/C17H35N/c1-13(2)11-16(7)9-10-17(12-18-8,14(3)4)15(5)6/h9,13-15,18H,10-12H2,1-8H3. The molecule has 0 aliphatic carbocycles. The van der Waals surface area contributed by atoms with Gasteiger partial charge in [0.05, 0.1) is 0 Å². The van der Waals surface area contributed by atoms with E-state index in [0.29, 0.717) is 17.3 Å². The van der Waals surface area contributed by atoms with Gasteiger partial charge in [-0.05, 0) is 50.0 Å². The van der Waals surface area contributed by atoms with E-state index in [1.54, 1.807) is 5.57 Å². The fraction of sp³-hybridized carbons (Fsp3) is 0.882. The molecular formula is C17H35N. The molecule has 0 unspecified atom stereocenters. The van der Waals surface area contributed by atoms with E-state index in [9.17, 15) is 0 Å². The van der Waals surface area contributed by atoms with Crippen LogP contribution in [0.25, 0.3) is 0 Å². The van der Waals surface area contributed by atoms with Crippen molar-refractivity contribution in [3.05, 3.63) is 11.6 Å². The minimum Gasteiger partial charge on any atom is -0.319 e. The predicted octanol–water partition coefficient (Wildman–Crippen LogP) is 4.89. The first kappa shape index (κ1) is 17.7. The summed E-state index contributed by atoms with van der Waals surface area (Å²) in [5, 5.41) is 3.41. The van der Waals surface area contributed by atoms with Gasteiger partial charge in [0.25, 0.3) is 0 Å². The van der Waals surface area contributed by atoms with Crippen LogP contribution >= 0.6 is 0 Å². The van der Waals surface area contributed by atoms with Crippen LogP contribution < -0.4 is 5.32 Å². The molecule has 0 aromatic carbocycles. The molecule has 0 heterocycles. The fourth-order valence-electron chi connectivity index (χ4n) is 3.04. The zero-order chi connectivity index (χ0) is 14.3. The van der Waals surface area contributed by atoms with Crippen LogP contribution in [-0.2, 0) is 0 Å². The normalized spacial score (nSPS) is 14.1. The SMILES string of the molecule is CNCC(CC=C(C)CC(C)C)(C(C)C)C(C)C. The van der Waals surface area contributed by atoms with Crippen LogP contribution in [0.4, 0.5) is 0 Å². The summed E-state index contributed by atoms with van der Waals surface area (Å²) in [6.07, 6.45) is 4.91. The van der Waals surface area contributed by atoms with E-state index >= 15 is 0 Å². The van der Waals surface area contributed by atoms with E-state index in [1.807, 2.05) is 0 Å².